The minimum Gasteiger partial charge on any atom is -0.356 e. The summed E-state index contributed by atoms with van der Waals surface area (Å²) >= 11 is 0. The Kier molecular flexibility index (Phi) is 10.0. The minimum absolute atomic E-state index is 0. The molecule has 8 heteroatoms. The van der Waals surface area contributed by atoms with Crippen molar-refractivity contribution < 1.29 is 4.79 Å². The zero-order chi connectivity index (χ0) is 21.2. The summed E-state index contributed by atoms with van der Waals surface area (Å²) in [4.78, 5) is 26.1. The number of H-pyrrole nitrogens is 1. The summed E-state index contributed by atoms with van der Waals surface area (Å²) in [6.07, 6.45) is 2.21. The average molecular weight is 532 g/mol. The van der Waals surface area contributed by atoms with Crippen LogP contribution in [-0.4, -0.2) is 47.4 Å². The van der Waals surface area contributed by atoms with Crippen LogP contribution in [0.25, 0.3) is 11.3 Å². The van der Waals surface area contributed by atoms with E-state index in [1.807, 2.05) is 78.8 Å². The highest BCUT2D eigenvalue weighted by Gasteiger charge is 2.10. The van der Waals surface area contributed by atoms with E-state index in [1.54, 1.807) is 7.05 Å². The number of carbonyl (C=O) groups is 1. The summed E-state index contributed by atoms with van der Waals surface area (Å²) in [5.41, 5.74) is 3.17. The summed E-state index contributed by atoms with van der Waals surface area (Å²) in [7, 11) is 3.67. The second-order valence-corrected chi connectivity index (χ2v) is 6.95. The van der Waals surface area contributed by atoms with Gasteiger partial charge in [0, 0.05) is 33.6 Å². The molecule has 0 spiro atoms. The summed E-state index contributed by atoms with van der Waals surface area (Å²) in [5.74, 6) is 1.56. The zero-order valence-electron chi connectivity index (χ0n) is 17.8. The summed E-state index contributed by atoms with van der Waals surface area (Å²) in [6, 6.07) is 20.0. The van der Waals surface area contributed by atoms with E-state index in [-0.39, 0.29) is 29.9 Å². The van der Waals surface area contributed by atoms with Crippen molar-refractivity contribution in [1.29, 1.82) is 0 Å². The molecule has 3 N–H and O–H groups in total. The molecule has 0 unspecified atom stereocenters. The molecule has 0 atom stereocenters. The van der Waals surface area contributed by atoms with Crippen molar-refractivity contribution >= 4 is 35.8 Å². The smallest absolute Gasteiger partial charge is 0.222 e. The lowest BCUT2D eigenvalue weighted by Gasteiger charge is -2.21. The molecule has 0 aliphatic rings. The first-order chi connectivity index (χ1) is 14.7. The monoisotopic (exact) mass is 532 g/mol. The highest BCUT2D eigenvalue weighted by atomic mass is 127. The maximum Gasteiger partial charge on any atom is 0.222 e. The number of hydrogen-bond acceptors (Lipinski definition) is 3. The second kappa shape index (κ2) is 12.7. The van der Waals surface area contributed by atoms with Crippen LogP contribution in [-0.2, 0) is 17.9 Å². The molecule has 0 saturated carbocycles. The molecule has 3 aromatic rings. The summed E-state index contributed by atoms with van der Waals surface area (Å²) in [5, 5.41) is 6.16. The normalized spacial score (nSPS) is 10.8. The van der Waals surface area contributed by atoms with Crippen LogP contribution in [0.4, 0.5) is 0 Å². The number of imidazole rings is 1. The van der Waals surface area contributed by atoms with Crippen LogP contribution in [0.15, 0.2) is 71.9 Å². The second-order valence-electron chi connectivity index (χ2n) is 6.95. The molecular formula is C23H29IN6O. The van der Waals surface area contributed by atoms with Crippen LogP contribution in [0, 0.1) is 0 Å². The molecule has 31 heavy (non-hydrogen) atoms. The van der Waals surface area contributed by atoms with Gasteiger partial charge in [-0.2, -0.15) is 0 Å². The van der Waals surface area contributed by atoms with Gasteiger partial charge in [-0.05, 0) is 11.1 Å². The molecule has 0 aliphatic heterocycles. The van der Waals surface area contributed by atoms with Crippen molar-refractivity contribution in [2.24, 2.45) is 4.99 Å². The van der Waals surface area contributed by atoms with Crippen LogP contribution in [0.5, 0.6) is 0 Å². The van der Waals surface area contributed by atoms with Gasteiger partial charge in [0.25, 0.3) is 0 Å². The SMILES string of the molecule is CN=C(NCCC(=O)NCc1ccccc1)N(C)Cc1ncc(-c2ccccc2)[nH]1.I. The van der Waals surface area contributed by atoms with Gasteiger partial charge in [0.2, 0.25) is 5.91 Å². The third-order valence-corrected chi connectivity index (χ3v) is 4.64. The molecule has 1 heterocycles. The van der Waals surface area contributed by atoms with Crippen LogP contribution in [0.1, 0.15) is 17.8 Å². The number of amides is 1. The van der Waals surface area contributed by atoms with Crippen LogP contribution in [0.2, 0.25) is 0 Å². The Morgan fingerprint density at radius 2 is 1.74 bits per heavy atom. The summed E-state index contributed by atoms with van der Waals surface area (Å²) < 4.78 is 0. The number of aromatic nitrogens is 2. The standard InChI is InChI=1S/C23H28N6O.HI/c1-24-23(25-14-13-22(30)27-15-18-9-5-3-6-10-18)29(2)17-21-26-16-20(28-21)19-11-7-4-8-12-19;/h3-12,16H,13-15,17H2,1-2H3,(H,24,25)(H,26,28)(H,27,30);1H. The number of halogens is 1. The quantitative estimate of drug-likeness (QED) is 0.236. The molecular weight excluding hydrogens is 503 g/mol. The van der Waals surface area contributed by atoms with Gasteiger partial charge < -0.3 is 20.5 Å². The van der Waals surface area contributed by atoms with Gasteiger partial charge in [0.15, 0.2) is 5.96 Å². The van der Waals surface area contributed by atoms with E-state index in [0.717, 1.165) is 22.6 Å². The molecule has 7 nitrogen and oxygen atoms in total. The molecule has 2 aromatic carbocycles. The van der Waals surface area contributed by atoms with E-state index in [2.05, 4.69) is 25.6 Å². The van der Waals surface area contributed by atoms with Crippen molar-refractivity contribution in [3.05, 3.63) is 78.2 Å². The highest BCUT2D eigenvalue weighted by Crippen LogP contribution is 2.16. The van der Waals surface area contributed by atoms with Gasteiger partial charge in [-0.25, -0.2) is 4.98 Å². The molecule has 164 valence electrons. The Balaban J connectivity index is 0.00000341. The van der Waals surface area contributed by atoms with Gasteiger partial charge in [0.1, 0.15) is 5.82 Å². The van der Waals surface area contributed by atoms with Crippen molar-refractivity contribution in [3.63, 3.8) is 0 Å². The molecule has 0 radical (unpaired) electrons. The first-order valence-electron chi connectivity index (χ1n) is 9.97. The Morgan fingerprint density at radius 3 is 2.42 bits per heavy atom. The molecule has 0 saturated heterocycles. The number of guanidine groups is 1. The molecule has 1 aromatic heterocycles. The summed E-state index contributed by atoms with van der Waals surface area (Å²) in [6.45, 7) is 1.62. The van der Waals surface area contributed by atoms with Gasteiger partial charge in [-0.3, -0.25) is 9.79 Å². The number of nitrogens with one attached hydrogen (secondary N) is 3. The predicted octanol–water partition coefficient (Wildman–Crippen LogP) is 3.41. The Labute approximate surface area is 200 Å². The molecule has 1 amide bonds. The maximum absolute atomic E-state index is 12.1. The number of benzene rings is 2. The predicted molar refractivity (Wildman–Crippen MR) is 135 cm³/mol. The fourth-order valence-electron chi connectivity index (χ4n) is 3.06. The van der Waals surface area contributed by atoms with Crippen molar-refractivity contribution in [2.45, 2.75) is 19.5 Å². The first kappa shape index (κ1) is 24.4. The maximum atomic E-state index is 12.1. The Morgan fingerprint density at radius 1 is 1.06 bits per heavy atom. The van der Waals surface area contributed by atoms with E-state index in [0.29, 0.717) is 32.0 Å². The fraction of sp³-hybridized carbons (Fsp3) is 0.261. The van der Waals surface area contributed by atoms with Crippen molar-refractivity contribution in [2.75, 3.05) is 20.6 Å². The van der Waals surface area contributed by atoms with Gasteiger partial charge in [-0.1, -0.05) is 60.7 Å². The Hall–Kier alpha value is -2.88. The lowest BCUT2D eigenvalue weighted by Crippen LogP contribution is -2.40. The van der Waals surface area contributed by atoms with E-state index >= 15 is 0 Å². The van der Waals surface area contributed by atoms with Crippen LogP contribution >= 0.6 is 24.0 Å². The number of rotatable bonds is 8. The van der Waals surface area contributed by atoms with Gasteiger partial charge in [-0.15, -0.1) is 24.0 Å². The average Bonchev–Trinajstić information content (AvgIpc) is 3.25. The fourth-order valence-corrected chi connectivity index (χ4v) is 3.06. The van der Waals surface area contributed by atoms with Gasteiger partial charge in [0.05, 0.1) is 18.4 Å². The lowest BCUT2D eigenvalue weighted by molar-refractivity contribution is -0.121. The Bertz CT molecular complexity index is 958. The number of carbonyl (C=O) groups excluding carboxylic acids is 1. The van der Waals surface area contributed by atoms with Crippen LogP contribution in [0.3, 0.4) is 0 Å². The number of aromatic amines is 1. The van der Waals surface area contributed by atoms with E-state index in [4.69, 9.17) is 0 Å². The van der Waals surface area contributed by atoms with E-state index in [1.165, 1.54) is 0 Å². The number of hydrogen-bond donors (Lipinski definition) is 3. The van der Waals surface area contributed by atoms with Crippen LogP contribution < -0.4 is 10.6 Å². The molecule has 0 aliphatic carbocycles. The number of aliphatic imine (C=N–C) groups is 1. The lowest BCUT2D eigenvalue weighted by atomic mass is 10.2. The molecule has 0 fully saturated rings. The van der Waals surface area contributed by atoms with E-state index < -0.39 is 0 Å². The van der Waals surface area contributed by atoms with Crippen molar-refractivity contribution in [3.8, 4) is 11.3 Å². The largest absolute Gasteiger partial charge is 0.356 e. The van der Waals surface area contributed by atoms with E-state index in [9.17, 15) is 4.79 Å². The third kappa shape index (κ3) is 7.71. The molecule has 0 bridgehead atoms. The molecule has 3 rings (SSSR count). The van der Waals surface area contributed by atoms with Gasteiger partial charge >= 0.3 is 0 Å². The first-order valence-corrected chi connectivity index (χ1v) is 9.97. The highest BCUT2D eigenvalue weighted by molar-refractivity contribution is 14.0. The van der Waals surface area contributed by atoms with Crippen molar-refractivity contribution in [1.82, 2.24) is 25.5 Å². The number of nitrogens with zero attached hydrogens (tertiary/aromatic N) is 3. The third-order valence-electron chi connectivity index (χ3n) is 4.64. The zero-order valence-corrected chi connectivity index (χ0v) is 20.2. The minimum atomic E-state index is 0. The topological polar surface area (TPSA) is 85.4 Å².